The second kappa shape index (κ2) is 24.2. The molecule has 0 bridgehead atoms. The summed E-state index contributed by atoms with van der Waals surface area (Å²) in [4.78, 5) is 71.1. The Morgan fingerprint density at radius 1 is 0.766 bits per heavy atom. The number of anilines is 2. The van der Waals surface area contributed by atoms with Gasteiger partial charge >= 0.3 is 35.8 Å². The van der Waals surface area contributed by atoms with Gasteiger partial charge in [-0.25, -0.2) is 51.5 Å². The van der Waals surface area contributed by atoms with E-state index in [2.05, 4.69) is 36.1 Å². The van der Waals surface area contributed by atoms with Crippen molar-refractivity contribution >= 4 is 91.3 Å². The molecule has 2 fully saturated rings. The minimum absolute atomic E-state index is 0.0105. The van der Waals surface area contributed by atoms with E-state index in [0.717, 1.165) is 68.8 Å². The van der Waals surface area contributed by atoms with Crippen LogP contribution in [0.5, 0.6) is 0 Å². The number of nitrogens with zero attached hydrogens (tertiary/aromatic N) is 5. The first-order chi connectivity index (χ1) is 30.1. The molecule has 9 N–H and O–H groups in total. The van der Waals surface area contributed by atoms with E-state index in [1.807, 2.05) is 6.20 Å². The quantitative estimate of drug-likeness (QED) is 0.0922. The summed E-state index contributed by atoms with van der Waals surface area (Å²) in [6, 6.07) is 8.14. The van der Waals surface area contributed by atoms with Crippen LogP contribution in [0.1, 0.15) is 31.7 Å². The molecule has 64 heavy (non-hydrogen) atoms. The summed E-state index contributed by atoms with van der Waals surface area (Å²) in [5, 5.41) is 47.5. The van der Waals surface area contributed by atoms with Gasteiger partial charge in [-0.1, -0.05) is 17.7 Å². The molecule has 1 aliphatic heterocycles. The summed E-state index contributed by atoms with van der Waals surface area (Å²) in [6.07, 6.45) is 11.1. The standard InChI is InChI=1S/C27H31ClFN7O2S2.3C4H4O4/c1-34-10-12-35(13-11-34)18-3-5-19(6-4-18)36-15-20(25-26(30)31-16-32-27(25)36)17-2-7-22(21(29)14-17)33-40(37,38)24-9-8-23(28)39-24;3*5-3(6)1-2-4(7)8/h2,7-9,14-16,18-19,33H,3-6,10-13H2,1H3,(H2,30,31,32);3*1-2H,(H,5,6)(H,7,8)/b;3*2-1-. The molecule has 4 heterocycles. The fourth-order valence-electron chi connectivity index (χ4n) is 6.32. The smallest absolute Gasteiger partial charge is 0.328 e. The van der Waals surface area contributed by atoms with Crippen molar-refractivity contribution in [2.75, 3.05) is 43.7 Å². The lowest BCUT2D eigenvalue weighted by molar-refractivity contribution is -0.134. The van der Waals surface area contributed by atoms with Gasteiger partial charge in [-0.05, 0) is 62.6 Å². The number of likely N-dealkylation sites (N-methyl/N-ethyl adjacent to an activating group) is 1. The number of nitrogens with one attached hydrogen (secondary N) is 1. The monoisotopic (exact) mass is 951 g/mol. The number of hydrogen-bond donors (Lipinski definition) is 8. The lowest BCUT2D eigenvalue weighted by Crippen LogP contribution is -2.49. The number of benzene rings is 1. The molecule has 3 aromatic heterocycles. The van der Waals surface area contributed by atoms with Crippen LogP contribution >= 0.6 is 22.9 Å². The van der Waals surface area contributed by atoms with E-state index >= 15 is 4.39 Å². The molecule has 21 nitrogen and oxygen atoms in total. The van der Waals surface area contributed by atoms with E-state index in [-0.39, 0.29) is 15.9 Å². The van der Waals surface area contributed by atoms with Crippen molar-refractivity contribution in [3.05, 3.63) is 89.5 Å². The summed E-state index contributed by atoms with van der Waals surface area (Å²) in [5.74, 6) is -7.92. The van der Waals surface area contributed by atoms with Gasteiger partial charge in [-0.3, -0.25) is 9.62 Å². The first-order valence-electron chi connectivity index (χ1n) is 18.6. The van der Waals surface area contributed by atoms with Crippen molar-refractivity contribution in [1.29, 1.82) is 0 Å². The Bertz CT molecular complexity index is 2400. The van der Waals surface area contributed by atoms with Crippen molar-refractivity contribution in [3.63, 3.8) is 0 Å². The maximum Gasteiger partial charge on any atom is 0.328 e. The molecule has 0 radical (unpaired) electrons. The van der Waals surface area contributed by atoms with Gasteiger partial charge in [-0.15, -0.1) is 11.3 Å². The molecular weight excluding hydrogens is 909 g/mol. The Balaban J connectivity index is 0.000000371. The summed E-state index contributed by atoms with van der Waals surface area (Å²) in [7, 11) is -1.79. The van der Waals surface area contributed by atoms with Crippen molar-refractivity contribution < 1.29 is 72.2 Å². The number of carboxylic acid groups (broad SMARTS) is 6. The van der Waals surface area contributed by atoms with Crippen LogP contribution in [0.3, 0.4) is 0 Å². The van der Waals surface area contributed by atoms with Crippen molar-refractivity contribution in [3.8, 4) is 11.1 Å². The van der Waals surface area contributed by atoms with E-state index < -0.39 is 51.7 Å². The molecule has 0 unspecified atom stereocenters. The Labute approximate surface area is 372 Å². The number of aromatic nitrogens is 3. The molecule has 2 aliphatic rings. The number of carbonyl (C=O) groups is 6. The average molecular weight is 952 g/mol. The Kier molecular flexibility index (Phi) is 19.5. The Morgan fingerprint density at radius 2 is 1.25 bits per heavy atom. The zero-order valence-electron chi connectivity index (χ0n) is 33.7. The second-order valence-corrected chi connectivity index (χ2v) is 17.2. The molecule has 1 aliphatic carbocycles. The fourth-order valence-corrected chi connectivity index (χ4v) is 8.87. The van der Waals surface area contributed by atoms with Crippen molar-refractivity contribution in [1.82, 2.24) is 24.3 Å². The molecule has 344 valence electrons. The third-order valence-electron chi connectivity index (χ3n) is 9.20. The molecule has 1 saturated carbocycles. The van der Waals surface area contributed by atoms with E-state index in [0.29, 0.717) is 69.2 Å². The molecule has 6 rings (SSSR count). The van der Waals surface area contributed by atoms with Crippen LogP contribution in [-0.2, 0) is 38.8 Å². The van der Waals surface area contributed by atoms with Gasteiger partial charge in [0, 0.05) is 86.5 Å². The molecule has 1 saturated heterocycles. The zero-order valence-corrected chi connectivity index (χ0v) is 36.0. The van der Waals surface area contributed by atoms with Crippen LogP contribution in [0.2, 0.25) is 4.34 Å². The summed E-state index contributed by atoms with van der Waals surface area (Å²) < 4.78 is 45.5. The summed E-state index contributed by atoms with van der Waals surface area (Å²) in [5.41, 5.74) is 8.17. The second-order valence-electron chi connectivity index (χ2n) is 13.6. The van der Waals surface area contributed by atoms with Crippen LogP contribution in [0.4, 0.5) is 15.9 Å². The van der Waals surface area contributed by atoms with Crippen LogP contribution < -0.4 is 10.5 Å². The maximum absolute atomic E-state index is 15.3. The molecule has 0 atom stereocenters. The van der Waals surface area contributed by atoms with Crippen LogP contribution in [0.15, 0.2) is 83.5 Å². The highest BCUT2D eigenvalue weighted by Gasteiger charge is 2.30. The van der Waals surface area contributed by atoms with Gasteiger partial charge in [0.05, 0.1) is 15.4 Å². The Morgan fingerprint density at radius 3 is 1.69 bits per heavy atom. The third-order valence-corrected chi connectivity index (χ3v) is 12.3. The fraction of sp³-hybridized carbons (Fsp3) is 0.282. The minimum atomic E-state index is -3.97. The lowest BCUT2D eigenvalue weighted by Gasteiger charge is -2.41. The van der Waals surface area contributed by atoms with E-state index in [1.54, 1.807) is 6.07 Å². The molecule has 0 amide bonds. The lowest BCUT2D eigenvalue weighted by atomic mass is 9.89. The predicted molar refractivity (Wildman–Crippen MR) is 231 cm³/mol. The van der Waals surface area contributed by atoms with Gasteiger partial charge in [0.2, 0.25) is 0 Å². The number of piperazine rings is 1. The SMILES string of the molecule is CN1CCN(C2CCC(n3cc(-c4ccc(NS(=O)(=O)c5ccc(Cl)s5)c(F)c4)c4c(N)ncnc43)CC2)CC1.O=C(O)/C=C\C(=O)O.O=C(O)/C=C\C(=O)O.O=C(O)/C=C\C(=O)O. The number of aliphatic carboxylic acids is 6. The largest absolute Gasteiger partial charge is 0.478 e. The number of hydrogen-bond acceptors (Lipinski definition) is 14. The zero-order chi connectivity index (χ0) is 47.7. The topological polar surface area (TPSA) is 333 Å². The molecule has 1 aromatic carbocycles. The highest BCUT2D eigenvalue weighted by atomic mass is 35.5. The van der Waals surface area contributed by atoms with Crippen molar-refractivity contribution in [2.45, 2.75) is 42.0 Å². The van der Waals surface area contributed by atoms with Gasteiger partial charge < -0.3 is 45.8 Å². The van der Waals surface area contributed by atoms with Gasteiger partial charge in [0.15, 0.2) is 0 Å². The number of rotatable bonds is 12. The number of nitrogens with two attached hydrogens (primary N) is 1. The predicted octanol–water partition coefficient (Wildman–Crippen LogP) is 4.20. The highest BCUT2D eigenvalue weighted by Crippen LogP contribution is 2.40. The number of nitrogen functional groups attached to an aromatic ring is 1. The van der Waals surface area contributed by atoms with E-state index in [1.165, 1.54) is 30.6 Å². The van der Waals surface area contributed by atoms with Gasteiger partial charge in [-0.2, -0.15) is 0 Å². The summed E-state index contributed by atoms with van der Waals surface area (Å²) in [6.45, 7) is 4.46. The molecule has 0 spiro atoms. The first-order valence-corrected chi connectivity index (χ1v) is 21.3. The van der Waals surface area contributed by atoms with E-state index in [9.17, 15) is 37.2 Å². The minimum Gasteiger partial charge on any atom is -0.478 e. The van der Waals surface area contributed by atoms with Crippen molar-refractivity contribution in [2.24, 2.45) is 0 Å². The number of halogens is 2. The molecule has 25 heteroatoms. The van der Waals surface area contributed by atoms with Gasteiger partial charge in [0.1, 0.15) is 27.8 Å². The summed E-state index contributed by atoms with van der Waals surface area (Å²) >= 11 is 6.79. The number of fused-ring (bicyclic) bond motifs is 1. The normalized spacial score (nSPS) is 16.8. The number of carboxylic acids is 6. The number of sulfonamides is 1. The van der Waals surface area contributed by atoms with E-state index in [4.69, 9.17) is 48.0 Å². The number of thiophene rings is 1. The first kappa shape index (κ1) is 51.6. The van der Waals surface area contributed by atoms with Crippen LogP contribution in [-0.4, -0.2) is 138 Å². The maximum atomic E-state index is 15.3. The third kappa shape index (κ3) is 16.5. The van der Waals surface area contributed by atoms with Gasteiger partial charge in [0.25, 0.3) is 10.0 Å². The molecule has 4 aromatic rings. The highest BCUT2D eigenvalue weighted by molar-refractivity contribution is 7.94. The van der Waals surface area contributed by atoms with Crippen LogP contribution in [0.25, 0.3) is 22.2 Å². The Hall–Kier alpha value is -6.73. The average Bonchev–Trinajstić information content (AvgIpc) is 3.86. The molecular formula is C39H43ClFN7O14S2. The van der Waals surface area contributed by atoms with Crippen LogP contribution in [0, 0.1) is 5.82 Å².